The maximum Gasteiger partial charge on any atom is 0.144 e. The predicted octanol–water partition coefficient (Wildman–Crippen LogP) is 0.421. The van der Waals surface area contributed by atoms with E-state index in [1.165, 1.54) is 0 Å². The summed E-state index contributed by atoms with van der Waals surface area (Å²) in [6.07, 6.45) is 5.34. The third-order valence-electron chi connectivity index (χ3n) is 2.94. The van der Waals surface area contributed by atoms with Crippen molar-refractivity contribution in [2.45, 2.75) is 33.2 Å². The second kappa shape index (κ2) is 6.95. The topological polar surface area (TPSA) is 101 Å². The van der Waals surface area contributed by atoms with Gasteiger partial charge in [-0.2, -0.15) is 0 Å². The van der Waals surface area contributed by atoms with Crippen LogP contribution in [0, 0.1) is 5.41 Å². The molecule has 0 aliphatic heterocycles. The second-order valence-corrected chi connectivity index (χ2v) is 4.89. The molecule has 1 heterocycles. The minimum atomic E-state index is -0.284. The zero-order valence-corrected chi connectivity index (χ0v) is 11.0. The van der Waals surface area contributed by atoms with E-state index in [9.17, 15) is 0 Å². The highest BCUT2D eigenvalue weighted by atomic mass is 16.4. The van der Waals surface area contributed by atoms with Crippen LogP contribution in [0.2, 0.25) is 0 Å². The maximum absolute atomic E-state index is 8.64. The minimum absolute atomic E-state index is 0.270. The van der Waals surface area contributed by atoms with Crippen LogP contribution >= 0.6 is 0 Å². The molecule has 1 aromatic heterocycles. The number of aryl methyl sites for hydroxylation is 1. The first-order valence-corrected chi connectivity index (χ1v) is 6.09. The van der Waals surface area contributed by atoms with Gasteiger partial charge in [-0.3, -0.25) is 4.68 Å². The van der Waals surface area contributed by atoms with Gasteiger partial charge in [0.1, 0.15) is 5.84 Å². The van der Waals surface area contributed by atoms with Gasteiger partial charge in [0.25, 0.3) is 0 Å². The van der Waals surface area contributed by atoms with Crippen LogP contribution in [0.1, 0.15) is 26.7 Å². The highest BCUT2D eigenvalue weighted by molar-refractivity contribution is 5.85. The largest absolute Gasteiger partial charge is 0.409 e. The van der Waals surface area contributed by atoms with Crippen molar-refractivity contribution < 1.29 is 5.21 Å². The Morgan fingerprint density at radius 2 is 2.28 bits per heavy atom. The van der Waals surface area contributed by atoms with Gasteiger partial charge in [-0.15, -0.1) is 5.10 Å². The first kappa shape index (κ1) is 14.4. The zero-order chi connectivity index (χ0) is 13.4. The highest BCUT2D eigenvalue weighted by Gasteiger charge is 2.22. The van der Waals surface area contributed by atoms with E-state index in [-0.39, 0.29) is 11.3 Å². The van der Waals surface area contributed by atoms with E-state index in [0.29, 0.717) is 0 Å². The van der Waals surface area contributed by atoms with Crippen LogP contribution in [-0.4, -0.2) is 39.1 Å². The van der Waals surface area contributed by atoms with Gasteiger partial charge in [-0.05, 0) is 25.9 Å². The highest BCUT2D eigenvalue weighted by Crippen LogP contribution is 2.19. The third-order valence-corrected chi connectivity index (χ3v) is 2.94. The Balaban J connectivity index is 2.08. The van der Waals surface area contributed by atoms with Gasteiger partial charge in [-0.1, -0.05) is 24.2 Å². The fourth-order valence-corrected chi connectivity index (χ4v) is 1.51. The number of rotatable bonds is 8. The number of amidine groups is 1. The normalized spacial score (nSPS) is 12.9. The number of oxime groups is 1. The van der Waals surface area contributed by atoms with Crippen molar-refractivity contribution in [3.05, 3.63) is 12.4 Å². The molecule has 0 unspecified atom stereocenters. The molecule has 0 bridgehead atoms. The fraction of sp³-hybridized carbons (Fsp3) is 0.727. The molecule has 0 atom stereocenters. The van der Waals surface area contributed by atoms with Gasteiger partial charge in [-0.25, -0.2) is 0 Å². The predicted molar refractivity (Wildman–Crippen MR) is 69.3 cm³/mol. The first-order valence-electron chi connectivity index (χ1n) is 6.09. The van der Waals surface area contributed by atoms with Crippen LogP contribution in [0.3, 0.4) is 0 Å². The molecule has 102 valence electrons. The lowest BCUT2D eigenvalue weighted by molar-refractivity contribution is 0.305. The van der Waals surface area contributed by atoms with E-state index in [1.54, 1.807) is 6.20 Å². The summed E-state index contributed by atoms with van der Waals surface area (Å²) in [6, 6.07) is 0. The SMILES string of the molecule is CC(C)(CCNCCCn1ccnn1)/C(N)=N/O. The lowest BCUT2D eigenvalue weighted by Gasteiger charge is -2.22. The van der Waals surface area contributed by atoms with Gasteiger partial charge in [0, 0.05) is 18.2 Å². The summed E-state index contributed by atoms with van der Waals surface area (Å²) < 4.78 is 1.81. The number of nitrogens with one attached hydrogen (secondary N) is 1. The summed E-state index contributed by atoms with van der Waals surface area (Å²) >= 11 is 0. The van der Waals surface area contributed by atoms with E-state index < -0.39 is 0 Å². The van der Waals surface area contributed by atoms with Crippen molar-refractivity contribution in [3.8, 4) is 0 Å². The standard InChI is InChI=1S/C11H22N6O/c1-11(2,10(12)15-18)4-6-13-5-3-8-17-9-7-14-16-17/h7,9,13,18H,3-6,8H2,1-2H3,(H2,12,15). The number of hydrogen-bond acceptors (Lipinski definition) is 5. The Morgan fingerprint density at radius 3 is 2.89 bits per heavy atom. The van der Waals surface area contributed by atoms with Crippen molar-refractivity contribution in [1.82, 2.24) is 20.3 Å². The van der Waals surface area contributed by atoms with Crippen molar-refractivity contribution in [2.24, 2.45) is 16.3 Å². The van der Waals surface area contributed by atoms with Crippen molar-refractivity contribution in [3.63, 3.8) is 0 Å². The molecular weight excluding hydrogens is 232 g/mol. The molecule has 1 rings (SSSR count). The third kappa shape index (κ3) is 4.70. The molecule has 0 saturated carbocycles. The molecule has 4 N–H and O–H groups in total. The molecule has 0 amide bonds. The van der Waals surface area contributed by atoms with Gasteiger partial charge in [0.15, 0.2) is 0 Å². The monoisotopic (exact) mass is 254 g/mol. The number of aromatic nitrogens is 3. The first-order chi connectivity index (χ1) is 8.56. The summed E-state index contributed by atoms with van der Waals surface area (Å²) in [5, 5.41) is 22.7. The molecule has 0 aliphatic rings. The smallest absolute Gasteiger partial charge is 0.144 e. The van der Waals surface area contributed by atoms with Crippen LogP contribution in [0.5, 0.6) is 0 Å². The Hall–Kier alpha value is -1.63. The molecule has 0 fully saturated rings. The Labute approximate surface area is 107 Å². The maximum atomic E-state index is 8.64. The molecular formula is C11H22N6O. The molecule has 0 aromatic carbocycles. The van der Waals surface area contributed by atoms with Gasteiger partial charge < -0.3 is 16.3 Å². The summed E-state index contributed by atoms with van der Waals surface area (Å²) in [5.74, 6) is 0.270. The molecule has 1 aromatic rings. The van der Waals surface area contributed by atoms with Gasteiger partial charge in [0.05, 0.1) is 6.20 Å². The zero-order valence-electron chi connectivity index (χ0n) is 11.0. The van der Waals surface area contributed by atoms with Gasteiger partial charge in [0.2, 0.25) is 0 Å². The number of nitrogens with zero attached hydrogens (tertiary/aromatic N) is 4. The van der Waals surface area contributed by atoms with Crippen molar-refractivity contribution in [2.75, 3.05) is 13.1 Å². The summed E-state index contributed by atoms with van der Waals surface area (Å²) in [4.78, 5) is 0. The average Bonchev–Trinajstić information content (AvgIpc) is 2.85. The quantitative estimate of drug-likeness (QED) is 0.205. The Kier molecular flexibility index (Phi) is 5.57. The Morgan fingerprint density at radius 1 is 1.50 bits per heavy atom. The van der Waals surface area contributed by atoms with Gasteiger partial charge >= 0.3 is 0 Å². The van der Waals surface area contributed by atoms with Crippen molar-refractivity contribution >= 4 is 5.84 Å². The van der Waals surface area contributed by atoms with Crippen LogP contribution < -0.4 is 11.1 Å². The molecule has 18 heavy (non-hydrogen) atoms. The minimum Gasteiger partial charge on any atom is -0.409 e. The Bertz CT molecular complexity index is 360. The molecule has 0 spiro atoms. The number of hydrogen-bond donors (Lipinski definition) is 3. The van der Waals surface area contributed by atoms with Crippen molar-refractivity contribution in [1.29, 1.82) is 0 Å². The average molecular weight is 254 g/mol. The van der Waals surface area contributed by atoms with Crippen LogP contribution in [0.25, 0.3) is 0 Å². The molecule has 0 aliphatic carbocycles. The van der Waals surface area contributed by atoms with E-state index in [0.717, 1.165) is 32.5 Å². The summed E-state index contributed by atoms with van der Waals surface area (Å²) in [6.45, 7) is 6.52. The molecule has 7 nitrogen and oxygen atoms in total. The molecule has 7 heteroatoms. The summed E-state index contributed by atoms with van der Waals surface area (Å²) in [5.41, 5.74) is 5.33. The van der Waals surface area contributed by atoms with Crippen LogP contribution in [0.4, 0.5) is 0 Å². The van der Waals surface area contributed by atoms with E-state index in [2.05, 4.69) is 20.8 Å². The van der Waals surface area contributed by atoms with Crippen LogP contribution in [0.15, 0.2) is 17.5 Å². The van der Waals surface area contributed by atoms with E-state index >= 15 is 0 Å². The summed E-state index contributed by atoms with van der Waals surface area (Å²) in [7, 11) is 0. The molecule has 0 saturated heterocycles. The van der Waals surface area contributed by atoms with E-state index in [4.69, 9.17) is 10.9 Å². The lowest BCUT2D eigenvalue weighted by Crippen LogP contribution is -2.35. The molecule has 0 radical (unpaired) electrons. The second-order valence-electron chi connectivity index (χ2n) is 4.89. The fourth-order valence-electron chi connectivity index (χ4n) is 1.51. The van der Waals surface area contributed by atoms with E-state index in [1.807, 2.05) is 24.7 Å². The lowest BCUT2D eigenvalue weighted by atomic mass is 9.88. The van der Waals surface area contributed by atoms with Crippen LogP contribution in [-0.2, 0) is 6.54 Å². The number of nitrogens with two attached hydrogens (primary N) is 1.